The molecule has 1 heterocycles. The highest BCUT2D eigenvalue weighted by Crippen LogP contribution is 2.08. The highest BCUT2D eigenvalue weighted by molar-refractivity contribution is 5.93. The van der Waals surface area contributed by atoms with Crippen LogP contribution in [0.1, 0.15) is 36.2 Å². The zero-order valence-corrected chi connectivity index (χ0v) is 11.4. The number of aliphatic hydroxyl groups is 1. The van der Waals surface area contributed by atoms with E-state index in [0.717, 1.165) is 36.7 Å². The SMILES string of the molecule is O=C(NCCCCCCO)c1cnc2ccccc2n1. The van der Waals surface area contributed by atoms with Crippen molar-refractivity contribution in [1.29, 1.82) is 0 Å². The third-order valence-corrected chi connectivity index (χ3v) is 3.05. The summed E-state index contributed by atoms with van der Waals surface area (Å²) in [5.41, 5.74) is 1.86. The average molecular weight is 273 g/mol. The number of hydrogen-bond donors (Lipinski definition) is 2. The summed E-state index contributed by atoms with van der Waals surface area (Å²) in [4.78, 5) is 20.4. The number of nitrogens with one attached hydrogen (secondary N) is 1. The summed E-state index contributed by atoms with van der Waals surface area (Å²) in [6, 6.07) is 7.47. The highest BCUT2D eigenvalue weighted by atomic mass is 16.2. The van der Waals surface area contributed by atoms with Crippen LogP contribution in [-0.4, -0.2) is 34.1 Å². The average Bonchev–Trinajstić information content (AvgIpc) is 2.50. The standard InChI is InChI=1S/C15H19N3O2/c19-10-6-2-1-5-9-16-15(20)14-11-17-12-7-3-4-8-13(12)18-14/h3-4,7-8,11,19H,1-2,5-6,9-10H2,(H,16,20). The number of nitrogens with zero attached hydrogens (tertiary/aromatic N) is 2. The van der Waals surface area contributed by atoms with Crippen LogP contribution in [0.5, 0.6) is 0 Å². The Balaban J connectivity index is 1.84. The van der Waals surface area contributed by atoms with Gasteiger partial charge in [-0.1, -0.05) is 25.0 Å². The normalized spacial score (nSPS) is 10.7. The Morgan fingerprint density at radius 1 is 1.10 bits per heavy atom. The first-order valence-corrected chi connectivity index (χ1v) is 6.92. The van der Waals surface area contributed by atoms with Gasteiger partial charge in [-0.05, 0) is 25.0 Å². The molecule has 0 fully saturated rings. The number of unbranched alkanes of at least 4 members (excludes halogenated alkanes) is 3. The lowest BCUT2D eigenvalue weighted by atomic mass is 10.2. The molecule has 0 saturated carbocycles. The van der Waals surface area contributed by atoms with Gasteiger partial charge in [-0.3, -0.25) is 9.78 Å². The summed E-state index contributed by atoms with van der Waals surface area (Å²) >= 11 is 0. The van der Waals surface area contributed by atoms with Gasteiger partial charge in [-0.15, -0.1) is 0 Å². The number of aromatic nitrogens is 2. The van der Waals surface area contributed by atoms with E-state index in [2.05, 4.69) is 15.3 Å². The number of para-hydroxylation sites is 2. The Hall–Kier alpha value is -2.01. The molecular formula is C15H19N3O2. The number of carbonyl (C=O) groups excluding carboxylic acids is 1. The summed E-state index contributed by atoms with van der Waals surface area (Å²) in [5.74, 6) is -0.189. The minimum absolute atomic E-state index is 0.189. The van der Waals surface area contributed by atoms with Crippen molar-refractivity contribution in [1.82, 2.24) is 15.3 Å². The zero-order valence-electron chi connectivity index (χ0n) is 11.4. The van der Waals surface area contributed by atoms with E-state index >= 15 is 0 Å². The van der Waals surface area contributed by atoms with Crippen molar-refractivity contribution < 1.29 is 9.90 Å². The first-order valence-electron chi connectivity index (χ1n) is 6.92. The van der Waals surface area contributed by atoms with E-state index in [1.165, 1.54) is 6.20 Å². The molecule has 2 N–H and O–H groups in total. The third kappa shape index (κ3) is 3.99. The van der Waals surface area contributed by atoms with Gasteiger partial charge in [-0.25, -0.2) is 4.98 Å². The number of benzene rings is 1. The van der Waals surface area contributed by atoms with Gasteiger partial charge in [-0.2, -0.15) is 0 Å². The van der Waals surface area contributed by atoms with Crippen LogP contribution in [0.3, 0.4) is 0 Å². The van der Waals surface area contributed by atoms with Gasteiger partial charge >= 0.3 is 0 Å². The van der Waals surface area contributed by atoms with Gasteiger partial charge < -0.3 is 10.4 Å². The van der Waals surface area contributed by atoms with Crippen LogP contribution >= 0.6 is 0 Å². The summed E-state index contributed by atoms with van der Waals surface area (Å²) in [7, 11) is 0. The van der Waals surface area contributed by atoms with E-state index in [4.69, 9.17) is 5.11 Å². The van der Waals surface area contributed by atoms with Crippen molar-refractivity contribution in [3.05, 3.63) is 36.2 Å². The Labute approximate surface area is 118 Å². The maximum Gasteiger partial charge on any atom is 0.271 e. The molecule has 1 aromatic heterocycles. The van der Waals surface area contributed by atoms with Crippen LogP contribution in [-0.2, 0) is 0 Å². The molecule has 0 bridgehead atoms. The minimum Gasteiger partial charge on any atom is -0.396 e. The highest BCUT2D eigenvalue weighted by Gasteiger charge is 2.07. The molecule has 5 heteroatoms. The number of fused-ring (bicyclic) bond motifs is 1. The van der Waals surface area contributed by atoms with Gasteiger partial charge in [0.2, 0.25) is 0 Å². The first kappa shape index (κ1) is 14.4. The predicted molar refractivity (Wildman–Crippen MR) is 77.4 cm³/mol. The monoisotopic (exact) mass is 273 g/mol. The van der Waals surface area contributed by atoms with Crippen LogP contribution in [0.2, 0.25) is 0 Å². The van der Waals surface area contributed by atoms with Crippen LogP contribution in [0.15, 0.2) is 30.5 Å². The molecule has 0 radical (unpaired) electrons. The van der Waals surface area contributed by atoms with Crippen molar-refractivity contribution in [2.75, 3.05) is 13.2 Å². The van der Waals surface area contributed by atoms with Crippen molar-refractivity contribution in [2.24, 2.45) is 0 Å². The molecule has 2 rings (SSSR count). The maximum atomic E-state index is 11.9. The van der Waals surface area contributed by atoms with E-state index in [1.807, 2.05) is 24.3 Å². The second kappa shape index (κ2) is 7.55. The largest absolute Gasteiger partial charge is 0.396 e. The van der Waals surface area contributed by atoms with Gasteiger partial charge in [0, 0.05) is 13.2 Å². The number of hydrogen-bond acceptors (Lipinski definition) is 4. The van der Waals surface area contributed by atoms with Gasteiger partial charge in [0.1, 0.15) is 5.69 Å². The predicted octanol–water partition coefficient (Wildman–Crippen LogP) is 1.91. The molecule has 0 unspecified atom stereocenters. The first-order chi connectivity index (χ1) is 9.81. The fraction of sp³-hybridized carbons (Fsp3) is 0.400. The van der Waals surface area contributed by atoms with E-state index in [9.17, 15) is 4.79 Å². The topological polar surface area (TPSA) is 75.1 Å². The Bertz CT molecular complexity index is 572. The Morgan fingerprint density at radius 2 is 1.85 bits per heavy atom. The lowest BCUT2D eigenvalue weighted by molar-refractivity contribution is 0.0948. The lowest BCUT2D eigenvalue weighted by Crippen LogP contribution is -2.25. The molecule has 0 spiro atoms. The number of amides is 1. The summed E-state index contributed by atoms with van der Waals surface area (Å²) in [6.07, 6.45) is 5.23. The third-order valence-electron chi connectivity index (χ3n) is 3.05. The molecule has 2 aromatic rings. The Morgan fingerprint density at radius 3 is 2.65 bits per heavy atom. The van der Waals surface area contributed by atoms with E-state index in [-0.39, 0.29) is 12.5 Å². The lowest BCUT2D eigenvalue weighted by Gasteiger charge is -2.05. The van der Waals surface area contributed by atoms with Crippen molar-refractivity contribution >= 4 is 16.9 Å². The summed E-state index contributed by atoms with van der Waals surface area (Å²) in [6.45, 7) is 0.859. The number of rotatable bonds is 7. The second-order valence-electron chi connectivity index (χ2n) is 4.64. The molecule has 106 valence electrons. The summed E-state index contributed by atoms with van der Waals surface area (Å²) in [5, 5.41) is 11.5. The second-order valence-corrected chi connectivity index (χ2v) is 4.64. The fourth-order valence-electron chi connectivity index (χ4n) is 1.95. The minimum atomic E-state index is -0.189. The Kier molecular flexibility index (Phi) is 5.43. The van der Waals surface area contributed by atoms with Crippen molar-refractivity contribution in [3.8, 4) is 0 Å². The zero-order chi connectivity index (χ0) is 14.2. The molecule has 0 aliphatic rings. The molecule has 0 atom stereocenters. The molecule has 0 saturated heterocycles. The van der Waals surface area contributed by atoms with Crippen molar-refractivity contribution in [3.63, 3.8) is 0 Å². The van der Waals surface area contributed by atoms with Gasteiger partial charge in [0.05, 0.1) is 17.2 Å². The van der Waals surface area contributed by atoms with Crippen LogP contribution in [0.25, 0.3) is 11.0 Å². The van der Waals surface area contributed by atoms with Gasteiger partial charge in [0.15, 0.2) is 0 Å². The van der Waals surface area contributed by atoms with E-state index in [1.54, 1.807) is 0 Å². The molecule has 1 aromatic carbocycles. The quantitative estimate of drug-likeness (QED) is 0.756. The van der Waals surface area contributed by atoms with Crippen molar-refractivity contribution in [2.45, 2.75) is 25.7 Å². The molecule has 1 amide bonds. The van der Waals surface area contributed by atoms with Crippen LogP contribution in [0.4, 0.5) is 0 Å². The molecule has 0 aliphatic heterocycles. The summed E-state index contributed by atoms with van der Waals surface area (Å²) < 4.78 is 0. The molecule has 20 heavy (non-hydrogen) atoms. The van der Waals surface area contributed by atoms with Crippen LogP contribution < -0.4 is 5.32 Å². The van der Waals surface area contributed by atoms with Gasteiger partial charge in [0.25, 0.3) is 5.91 Å². The molecule has 0 aliphatic carbocycles. The van der Waals surface area contributed by atoms with E-state index in [0.29, 0.717) is 12.2 Å². The smallest absolute Gasteiger partial charge is 0.271 e. The fourth-order valence-corrected chi connectivity index (χ4v) is 1.95. The van der Waals surface area contributed by atoms with E-state index < -0.39 is 0 Å². The maximum absolute atomic E-state index is 11.9. The number of carbonyl (C=O) groups is 1. The number of aliphatic hydroxyl groups excluding tert-OH is 1. The molecule has 5 nitrogen and oxygen atoms in total. The van der Waals surface area contributed by atoms with Crippen LogP contribution in [0, 0.1) is 0 Å². The molecular weight excluding hydrogens is 254 g/mol.